The summed E-state index contributed by atoms with van der Waals surface area (Å²) in [5.41, 5.74) is 3.85. The molecule has 6 rings (SSSR count). The van der Waals surface area contributed by atoms with Crippen molar-refractivity contribution in [2.75, 3.05) is 13.2 Å². The SMILES string of the molecule is CCCCCCCCOc1ccc(-c2ccc(OC(=O)c3ccc(OC(=O)[C@H](CCCCCCCCC[C@@H](C(=O)Oc4ccc(C(=O)Oc5ccc(-c6ccc(OCCCCCCCC)cc6)cc5)cc4)C(F)(F)F)C(F)(F)F)cc3)cc2)cc1. The van der Waals surface area contributed by atoms with E-state index >= 15 is 0 Å². The molecule has 0 unspecified atom stereocenters. The second kappa shape index (κ2) is 35.0. The van der Waals surface area contributed by atoms with Gasteiger partial charge in [-0.25, -0.2) is 9.59 Å². The average Bonchev–Trinajstić information content (AvgIpc) is 3.58. The maximum Gasteiger partial charge on any atom is 0.402 e. The third kappa shape index (κ3) is 23.4. The molecule has 0 bridgehead atoms. The van der Waals surface area contributed by atoms with Crippen LogP contribution in [0.3, 0.4) is 0 Å². The monoisotopic (exact) mass is 1180 g/mol. The Kier molecular flexibility index (Phi) is 27.4. The van der Waals surface area contributed by atoms with Gasteiger partial charge in [-0.1, -0.05) is 172 Å². The molecule has 6 aromatic carbocycles. The van der Waals surface area contributed by atoms with Crippen LogP contribution in [0, 0.1) is 11.8 Å². The maximum atomic E-state index is 14.0. The van der Waals surface area contributed by atoms with Crippen LogP contribution < -0.4 is 28.4 Å². The number of rotatable bonds is 36. The van der Waals surface area contributed by atoms with Gasteiger partial charge in [0.2, 0.25) is 0 Å². The summed E-state index contributed by atoms with van der Waals surface area (Å²) < 4.78 is 117. The molecule has 2 atom stereocenters. The molecule has 0 heterocycles. The molecule has 0 N–H and O–H groups in total. The van der Waals surface area contributed by atoms with Crippen molar-refractivity contribution in [2.45, 2.75) is 161 Å². The number of hydrogen-bond donors (Lipinski definition) is 0. The molecule has 16 heteroatoms. The van der Waals surface area contributed by atoms with E-state index in [-0.39, 0.29) is 47.0 Å². The van der Waals surface area contributed by atoms with Gasteiger partial charge in [0.15, 0.2) is 11.8 Å². The van der Waals surface area contributed by atoms with Crippen molar-refractivity contribution in [2.24, 2.45) is 11.8 Å². The van der Waals surface area contributed by atoms with E-state index in [4.69, 9.17) is 28.4 Å². The molecule has 0 aliphatic rings. The number of ether oxygens (including phenoxy) is 6. The van der Waals surface area contributed by atoms with Crippen LogP contribution in [0.5, 0.6) is 34.5 Å². The third-order valence-electron chi connectivity index (χ3n) is 14.5. The molecule has 0 amide bonds. The van der Waals surface area contributed by atoms with Crippen LogP contribution in [0.2, 0.25) is 0 Å². The van der Waals surface area contributed by atoms with Crippen molar-refractivity contribution >= 4 is 23.9 Å². The largest absolute Gasteiger partial charge is 0.494 e. The van der Waals surface area contributed by atoms with Gasteiger partial charge in [0.1, 0.15) is 34.5 Å². The molecule has 0 saturated carbocycles. The third-order valence-corrected chi connectivity index (χ3v) is 14.5. The summed E-state index contributed by atoms with van der Waals surface area (Å²) in [5, 5.41) is 0. The lowest BCUT2D eigenvalue weighted by molar-refractivity contribution is -0.194. The molecule has 85 heavy (non-hydrogen) atoms. The second-order valence-corrected chi connectivity index (χ2v) is 21.2. The fourth-order valence-corrected chi connectivity index (χ4v) is 9.50. The Morgan fingerprint density at radius 1 is 0.318 bits per heavy atom. The van der Waals surface area contributed by atoms with E-state index in [1.807, 2.05) is 48.5 Å². The fraction of sp³-hybridized carbons (Fsp3) is 0.420. The highest BCUT2D eigenvalue weighted by Crippen LogP contribution is 2.35. The van der Waals surface area contributed by atoms with Crippen LogP contribution in [0.4, 0.5) is 26.3 Å². The van der Waals surface area contributed by atoms with Gasteiger partial charge in [-0.2, -0.15) is 26.3 Å². The highest BCUT2D eigenvalue weighted by atomic mass is 19.4. The van der Waals surface area contributed by atoms with Crippen molar-refractivity contribution in [1.29, 1.82) is 0 Å². The first-order valence-electron chi connectivity index (χ1n) is 29.9. The van der Waals surface area contributed by atoms with Gasteiger partial charge in [0.25, 0.3) is 0 Å². The molecule has 0 saturated heterocycles. The number of esters is 4. The van der Waals surface area contributed by atoms with Crippen molar-refractivity contribution in [3.63, 3.8) is 0 Å². The minimum atomic E-state index is -4.89. The van der Waals surface area contributed by atoms with E-state index in [0.29, 0.717) is 45.3 Å². The van der Waals surface area contributed by atoms with Crippen molar-refractivity contribution in [3.05, 3.63) is 157 Å². The molecule has 456 valence electrons. The van der Waals surface area contributed by atoms with E-state index in [1.54, 1.807) is 48.5 Å². The Hall–Kier alpha value is -7.62. The topological polar surface area (TPSA) is 124 Å². The summed E-state index contributed by atoms with van der Waals surface area (Å²) in [5.74, 6) is -7.47. The van der Waals surface area contributed by atoms with Gasteiger partial charge in [-0.05, 0) is 145 Å². The van der Waals surface area contributed by atoms with Crippen LogP contribution in [0.1, 0.15) is 169 Å². The summed E-state index contributed by atoms with van der Waals surface area (Å²) in [6.07, 6.45) is 5.54. The first-order valence-corrected chi connectivity index (χ1v) is 29.9. The van der Waals surface area contributed by atoms with Crippen LogP contribution in [0.15, 0.2) is 146 Å². The standard InChI is InChI=1S/C69H78F6O10/c1-3-5-7-9-16-20-48-80-56-36-24-50(25-37-56)52-28-40-58(41-29-52)82-64(76)54-32-44-60(45-33-54)84-66(78)62(68(70,71)72)22-18-14-12-11-13-15-19-23-63(69(73,74)75)67(79)85-61-46-34-55(35-47-61)65(77)83-59-42-30-53(31-43-59)51-26-38-57(39-27-51)81-49-21-17-10-8-6-4-2/h24-47,62-63H,3-23,48-49H2,1-2H3/t62-,63-/m0/s1. The molecular formula is C69H78F6O10. The van der Waals surface area contributed by atoms with E-state index in [0.717, 1.165) is 59.4 Å². The Morgan fingerprint density at radius 2 is 0.565 bits per heavy atom. The predicted octanol–water partition coefficient (Wildman–Crippen LogP) is 19.3. The summed E-state index contributed by atoms with van der Waals surface area (Å²) in [4.78, 5) is 51.3. The van der Waals surface area contributed by atoms with E-state index in [1.165, 1.54) is 99.9 Å². The van der Waals surface area contributed by atoms with Gasteiger partial charge in [0, 0.05) is 0 Å². The zero-order valence-corrected chi connectivity index (χ0v) is 48.6. The predicted molar refractivity (Wildman–Crippen MR) is 316 cm³/mol. The Morgan fingerprint density at radius 3 is 0.859 bits per heavy atom. The van der Waals surface area contributed by atoms with E-state index in [2.05, 4.69) is 13.8 Å². The van der Waals surface area contributed by atoms with Crippen molar-refractivity contribution in [3.8, 4) is 56.8 Å². The lowest BCUT2D eigenvalue weighted by atomic mass is 9.98. The van der Waals surface area contributed by atoms with Gasteiger partial charge in [-0.3, -0.25) is 9.59 Å². The summed E-state index contributed by atoms with van der Waals surface area (Å²) in [6, 6.07) is 39.2. The van der Waals surface area contributed by atoms with Crippen molar-refractivity contribution < 1.29 is 73.9 Å². The average molecular weight is 1180 g/mol. The Bertz CT molecular complexity index is 2720. The van der Waals surface area contributed by atoms with Crippen LogP contribution in [0.25, 0.3) is 22.3 Å². The lowest BCUT2D eigenvalue weighted by Crippen LogP contribution is -2.34. The van der Waals surface area contributed by atoms with E-state index in [9.17, 15) is 45.5 Å². The maximum absolute atomic E-state index is 14.0. The normalized spacial score (nSPS) is 12.2. The molecule has 0 spiro atoms. The van der Waals surface area contributed by atoms with Crippen LogP contribution in [-0.4, -0.2) is 49.4 Å². The van der Waals surface area contributed by atoms with E-state index < -0.39 is 60.9 Å². The molecular weight excluding hydrogens is 1100 g/mol. The molecule has 10 nitrogen and oxygen atoms in total. The number of unbranched alkanes of at least 4 members (excludes halogenated alkanes) is 16. The smallest absolute Gasteiger partial charge is 0.402 e. The summed E-state index contributed by atoms with van der Waals surface area (Å²) in [6.45, 7) is 5.73. The highest BCUT2D eigenvalue weighted by molar-refractivity contribution is 5.92. The number of carbonyl (C=O) groups excluding carboxylic acids is 4. The molecule has 6 aromatic rings. The quantitative estimate of drug-likeness (QED) is 0.0163. The molecule has 0 radical (unpaired) electrons. The molecule has 0 fully saturated rings. The Labute approximate surface area is 495 Å². The highest BCUT2D eigenvalue weighted by Gasteiger charge is 2.46. The Balaban J connectivity index is 0.843. The number of carbonyl (C=O) groups is 4. The zero-order valence-electron chi connectivity index (χ0n) is 48.6. The zero-order chi connectivity index (χ0) is 60.9. The molecule has 0 aliphatic carbocycles. The van der Waals surface area contributed by atoms with Gasteiger partial charge >= 0.3 is 36.2 Å². The number of alkyl halides is 6. The summed E-state index contributed by atoms with van der Waals surface area (Å²) in [7, 11) is 0. The molecule has 0 aromatic heterocycles. The fourth-order valence-electron chi connectivity index (χ4n) is 9.50. The van der Waals surface area contributed by atoms with Gasteiger partial charge in [-0.15, -0.1) is 0 Å². The second-order valence-electron chi connectivity index (χ2n) is 21.2. The van der Waals surface area contributed by atoms with Crippen molar-refractivity contribution in [1.82, 2.24) is 0 Å². The number of halogens is 6. The van der Waals surface area contributed by atoms with Crippen LogP contribution >= 0.6 is 0 Å². The number of benzene rings is 6. The van der Waals surface area contributed by atoms with Gasteiger partial charge in [0.05, 0.1) is 24.3 Å². The lowest BCUT2D eigenvalue weighted by Gasteiger charge is -2.19. The minimum absolute atomic E-state index is 0.0376. The number of hydrogen-bond acceptors (Lipinski definition) is 10. The van der Waals surface area contributed by atoms with Gasteiger partial charge < -0.3 is 28.4 Å². The molecule has 0 aliphatic heterocycles. The summed E-state index contributed by atoms with van der Waals surface area (Å²) >= 11 is 0. The minimum Gasteiger partial charge on any atom is -0.494 e. The first-order chi connectivity index (χ1) is 41.0. The first kappa shape index (κ1) is 66.5. The van der Waals surface area contributed by atoms with Crippen LogP contribution in [-0.2, 0) is 9.59 Å².